The number of benzene rings is 2. The smallest absolute Gasteiger partial charge is 0.157 e. The van der Waals surface area contributed by atoms with E-state index < -0.39 is 0 Å². The molecule has 3 aromatic rings. The minimum Gasteiger partial charge on any atom is -0.497 e. The first-order valence-electron chi connectivity index (χ1n) is 9.27. The summed E-state index contributed by atoms with van der Waals surface area (Å²) in [6.45, 7) is 2.97. The molecule has 1 fully saturated rings. The summed E-state index contributed by atoms with van der Waals surface area (Å²) >= 11 is 0. The van der Waals surface area contributed by atoms with E-state index >= 15 is 0 Å². The average Bonchev–Trinajstić information content (AvgIpc) is 3.38. The number of ether oxygens (including phenoxy) is 3. The van der Waals surface area contributed by atoms with Gasteiger partial charge in [-0.15, -0.1) is 5.10 Å². The summed E-state index contributed by atoms with van der Waals surface area (Å²) in [5, 5.41) is 8.63. The molecule has 1 aliphatic rings. The van der Waals surface area contributed by atoms with Crippen molar-refractivity contribution in [2.45, 2.75) is 19.3 Å². The Morgan fingerprint density at radius 2 is 1.82 bits per heavy atom. The van der Waals surface area contributed by atoms with Crippen molar-refractivity contribution in [3.05, 3.63) is 71.5 Å². The first-order valence-corrected chi connectivity index (χ1v) is 9.27. The van der Waals surface area contributed by atoms with Gasteiger partial charge in [-0.05, 0) is 35.4 Å². The third kappa shape index (κ3) is 4.16. The Morgan fingerprint density at radius 3 is 2.61 bits per heavy atom. The third-order valence-electron chi connectivity index (χ3n) is 4.82. The van der Waals surface area contributed by atoms with Crippen LogP contribution in [-0.4, -0.2) is 47.3 Å². The third-order valence-corrected chi connectivity index (χ3v) is 4.82. The second kappa shape index (κ2) is 8.41. The van der Waals surface area contributed by atoms with Gasteiger partial charge in [0.1, 0.15) is 17.2 Å². The van der Waals surface area contributed by atoms with Gasteiger partial charge in [0.2, 0.25) is 0 Å². The van der Waals surface area contributed by atoms with Gasteiger partial charge in [0.05, 0.1) is 33.6 Å². The SMILES string of the molecule is COc1ccc(CN2CCOC2c2cn(Cc3cccc(OC)c3)nn2)cc1. The Labute approximate surface area is 164 Å². The summed E-state index contributed by atoms with van der Waals surface area (Å²) in [4.78, 5) is 2.27. The van der Waals surface area contributed by atoms with E-state index in [4.69, 9.17) is 14.2 Å². The van der Waals surface area contributed by atoms with Crippen LogP contribution >= 0.6 is 0 Å². The van der Waals surface area contributed by atoms with E-state index in [-0.39, 0.29) is 6.23 Å². The van der Waals surface area contributed by atoms with Crippen molar-refractivity contribution in [1.82, 2.24) is 19.9 Å². The molecule has 7 heteroatoms. The molecule has 0 bridgehead atoms. The molecule has 0 saturated carbocycles. The molecule has 0 spiro atoms. The Balaban J connectivity index is 1.44. The summed E-state index contributed by atoms with van der Waals surface area (Å²) in [6.07, 6.45) is 1.78. The van der Waals surface area contributed by atoms with Gasteiger partial charge in [-0.2, -0.15) is 0 Å². The molecule has 2 heterocycles. The molecule has 146 valence electrons. The van der Waals surface area contributed by atoms with E-state index in [1.165, 1.54) is 5.56 Å². The fraction of sp³-hybridized carbons (Fsp3) is 0.333. The minimum absolute atomic E-state index is 0.179. The zero-order chi connectivity index (χ0) is 19.3. The molecule has 2 aromatic carbocycles. The normalized spacial score (nSPS) is 17.0. The van der Waals surface area contributed by atoms with Gasteiger partial charge in [0.15, 0.2) is 6.23 Å². The fourth-order valence-corrected chi connectivity index (χ4v) is 3.37. The maximum absolute atomic E-state index is 5.93. The Kier molecular flexibility index (Phi) is 5.55. The quantitative estimate of drug-likeness (QED) is 0.628. The second-order valence-electron chi connectivity index (χ2n) is 6.73. The first-order chi connectivity index (χ1) is 13.7. The van der Waals surface area contributed by atoms with Crippen molar-refractivity contribution in [2.24, 2.45) is 0 Å². The number of aromatic nitrogens is 3. The zero-order valence-electron chi connectivity index (χ0n) is 16.1. The van der Waals surface area contributed by atoms with Crippen LogP contribution in [0, 0.1) is 0 Å². The van der Waals surface area contributed by atoms with Crippen LogP contribution in [0.5, 0.6) is 11.5 Å². The summed E-state index contributed by atoms with van der Waals surface area (Å²) in [7, 11) is 3.34. The minimum atomic E-state index is -0.179. The molecule has 1 aromatic heterocycles. The molecule has 0 amide bonds. The van der Waals surface area contributed by atoms with Crippen LogP contribution in [0.1, 0.15) is 23.0 Å². The number of rotatable bonds is 7. The molecule has 0 N–H and O–H groups in total. The average molecular weight is 380 g/mol. The summed E-state index contributed by atoms with van der Waals surface area (Å²) in [6, 6.07) is 16.1. The van der Waals surface area contributed by atoms with E-state index in [1.807, 2.05) is 47.3 Å². The van der Waals surface area contributed by atoms with Crippen molar-refractivity contribution in [1.29, 1.82) is 0 Å². The van der Waals surface area contributed by atoms with Crippen LogP contribution < -0.4 is 9.47 Å². The molecule has 1 saturated heterocycles. The highest BCUT2D eigenvalue weighted by Gasteiger charge is 2.29. The maximum Gasteiger partial charge on any atom is 0.157 e. The predicted octanol–water partition coefficient (Wildman–Crippen LogP) is 2.87. The van der Waals surface area contributed by atoms with E-state index in [2.05, 4.69) is 27.3 Å². The van der Waals surface area contributed by atoms with Crippen LogP contribution in [-0.2, 0) is 17.8 Å². The molecule has 7 nitrogen and oxygen atoms in total. The zero-order valence-corrected chi connectivity index (χ0v) is 16.1. The van der Waals surface area contributed by atoms with Gasteiger partial charge in [-0.1, -0.05) is 29.5 Å². The lowest BCUT2D eigenvalue weighted by Gasteiger charge is -2.21. The molecule has 1 atom stereocenters. The van der Waals surface area contributed by atoms with Gasteiger partial charge in [0.25, 0.3) is 0 Å². The molecule has 0 radical (unpaired) electrons. The number of hydrogen-bond donors (Lipinski definition) is 0. The van der Waals surface area contributed by atoms with E-state index in [1.54, 1.807) is 14.2 Å². The lowest BCUT2D eigenvalue weighted by atomic mass is 10.2. The number of hydrogen-bond acceptors (Lipinski definition) is 6. The Bertz CT molecular complexity index is 910. The number of nitrogens with zero attached hydrogens (tertiary/aromatic N) is 4. The highest BCUT2D eigenvalue weighted by molar-refractivity contribution is 5.29. The van der Waals surface area contributed by atoms with Crippen LogP contribution in [0.3, 0.4) is 0 Å². The molecule has 1 unspecified atom stereocenters. The van der Waals surface area contributed by atoms with Crippen LogP contribution in [0.2, 0.25) is 0 Å². The topological polar surface area (TPSA) is 61.6 Å². The van der Waals surface area contributed by atoms with Gasteiger partial charge >= 0.3 is 0 Å². The molecular weight excluding hydrogens is 356 g/mol. The fourth-order valence-electron chi connectivity index (χ4n) is 3.37. The van der Waals surface area contributed by atoms with Crippen LogP contribution in [0.4, 0.5) is 0 Å². The van der Waals surface area contributed by atoms with Crippen molar-refractivity contribution in [3.63, 3.8) is 0 Å². The Morgan fingerprint density at radius 1 is 1.00 bits per heavy atom. The lowest BCUT2D eigenvalue weighted by molar-refractivity contribution is 0.0252. The molecule has 28 heavy (non-hydrogen) atoms. The second-order valence-corrected chi connectivity index (χ2v) is 6.73. The van der Waals surface area contributed by atoms with Gasteiger partial charge < -0.3 is 14.2 Å². The molecular formula is C21H24N4O3. The molecule has 4 rings (SSSR count). The monoisotopic (exact) mass is 380 g/mol. The van der Waals surface area contributed by atoms with Crippen molar-refractivity contribution < 1.29 is 14.2 Å². The van der Waals surface area contributed by atoms with Crippen molar-refractivity contribution >= 4 is 0 Å². The van der Waals surface area contributed by atoms with E-state index in [9.17, 15) is 0 Å². The predicted molar refractivity (Wildman–Crippen MR) is 104 cm³/mol. The lowest BCUT2D eigenvalue weighted by Crippen LogP contribution is -2.23. The number of methoxy groups -OCH3 is 2. The summed E-state index contributed by atoms with van der Waals surface area (Å²) in [5.41, 5.74) is 3.15. The molecule has 1 aliphatic heterocycles. The summed E-state index contributed by atoms with van der Waals surface area (Å²) in [5.74, 6) is 1.70. The first kappa shape index (κ1) is 18.5. The Hall–Kier alpha value is -2.90. The maximum atomic E-state index is 5.93. The standard InChI is InChI=1S/C21H24N4O3/c1-26-18-8-6-16(7-9-18)13-24-10-11-28-21(24)20-15-25(23-22-20)14-17-4-3-5-19(12-17)27-2/h3-9,12,15,21H,10-11,13-14H2,1-2H3. The van der Waals surface area contributed by atoms with Crippen LogP contribution in [0.15, 0.2) is 54.7 Å². The van der Waals surface area contributed by atoms with Gasteiger partial charge in [-0.25, -0.2) is 4.68 Å². The van der Waals surface area contributed by atoms with Crippen molar-refractivity contribution in [2.75, 3.05) is 27.4 Å². The largest absolute Gasteiger partial charge is 0.497 e. The highest BCUT2D eigenvalue weighted by atomic mass is 16.5. The van der Waals surface area contributed by atoms with Gasteiger partial charge in [-0.3, -0.25) is 4.90 Å². The summed E-state index contributed by atoms with van der Waals surface area (Å²) < 4.78 is 18.3. The van der Waals surface area contributed by atoms with Gasteiger partial charge in [0, 0.05) is 13.1 Å². The van der Waals surface area contributed by atoms with E-state index in [0.717, 1.165) is 35.8 Å². The van der Waals surface area contributed by atoms with E-state index in [0.29, 0.717) is 13.2 Å². The van der Waals surface area contributed by atoms with Crippen molar-refractivity contribution in [3.8, 4) is 11.5 Å². The highest BCUT2D eigenvalue weighted by Crippen LogP contribution is 2.27. The molecule has 0 aliphatic carbocycles. The van der Waals surface area contributed by atoms with Crippen LogP contribution in [0.25, 0.3) is 0 Å².